The highest BCUT2D eigenvalue weighted by Crippen LogP contribution is 2.20. The summed E-state index contributed by atoms with van der Waals surface area (Å²) in [5.74, 6) is -0.0782. The third-order valence-corrected chi connectivity index (χ3v) is 3.50. The van der Waals surface area contributed by atoms with Crippen LogP contribution >= 0.6 is 0 Å². The average molecular weight is 348 g/mol. The number of benzene rings is 1. The summed E-state index contributed by atoms with van der Waals surface area (Å²) in [7, 11) is 1.47. The topological polar surface area (TPSA) is 39.7 Å². The van der Waals surface area contributed by atoms with E-state index in [1.54, 1.807) is 12.1 Å². The average Bonchev–Trinajstić information content (AvgIpc) is 2.52. The molecule has 1 rings (SSSR count). The molecule has 0 saturated carbocycles. The summed E-state index contributed by atoms with van der Waals surface area (Å²) in [5.41, 5.74) is 1.22. The monoisotopic (exact) mass is 348 g/mol. The normalized spacial score (nSPS) is 12.2. The van der Waals surface area contributed by atoms with Crippen LogP contribution in [0.4, 0.5) is 23.2 Å². The standard InChI is InChI=1S/C16H24F4N4/c1-4-24(5-2)14-7-6-12(10-13(14)17)11-23-15(21-3)22-9-8-16(18,19)20/h6-7,10H,4-5,8-9,11H2,1-3H3,(H2,21,22,23). The van der Waals surface area contributed by atoms with Gasteiger partial charge in [-0.3, -0.25) is 4.99 Å². The van der Waals surface area contributed by atoms with Gasteiger partial charge in [-0.15, -0.1) is 0 Å². The Balaban J connectivity index is 2.58. The van der Waals surface area contributed by atoms with Crippen LogP contribution in [-0.2, 0) is 6.54 Å². The minimum Gasteiger partial charge on any atom is -0.370 e. The van der Waals surface area contributed by atoms with Gasteiger partial charge in [-0.05, 0) is 31.5 Å². The van der Waals surface area contributed by atoms with E-state index >= 15 is 0 Å². The molecule has 0 fully saturated rings. The van der Waals surface area contributed by atoms with Crippen LogP contribution in [0.3, 0.4) is 0 Å². The van der Waals surface area contributed by atoms with Crippen molar-refractivity contribution in [3.63, 3.8) is 0 Å². The molecule has 0 aliphatic heterocycles. The van der Waals surface area contributed by atoms with E-state index in [0.717, 1.165) is 0 Å². The second kappa shape index (κ2) is 9.34. The Labute approximate surface area is 139 Å². The number of nitrogens with zero attached hydrogens (tertiary/aromatic N) is 2. The van der Waals surface area contributed by atoms with Crippen LogP contribution in [0.25, 0.3) is 0 Å². The third kappa shape index (κ3) is 6.64. The summed E-state index contributed by atoms with van der Waals surface area (Å²) in [6.07, 6.45) is -5.16. The minimum absolute atomic E-state index is 0.243. The molecule has 0 aliphatic carbocycles. The lowest BCUT2D eigenvalue weighted by Gasteiger charge is -2.22. The lowest BCUT2D eigenvalue weighted by Crippen LogP contribution is -2.38. The molecular formula is C16H24F4N4. The molecule has 136 valence electrons. The van der Waals surface area contributed by atoms with Crippen molar-refractivity contribution in [2.75, 3.05) is 31.6 Å². The van der Waals surface area contributed by atoms with Gasteiger partial charge >= 0.3 is 6.18 Å². The van der Waals surface area contributed by atoms with Gasteiger partial charge in [0, 0.05) is 33.2 Å². The van der Waals surface area contributed by atoms with Crippen LogP contribution in [-0.4, -0.2) is 38.8 Å². The number of aliphatic imine (C=N–C) groups is 1. The molecule has 0 spiro atoms. The Kier molecular flexibility index (Phi) is 7.81. The van der Waals surface area contributed by atoms with E-state index in [4.69, 9.17) is 0 Å². The fraction of sp³-hybridized carbons (Fsp3) is 0.562. The van der Waals surface area contributed by atoms with E-state index < -0.39 is 12.6 Å². The van der Waals surface area contributed by atoms with Gasteiger partial charge in [0.05, 0.1) is 12.1 Å². The van der Waals surface area contributed by atoms with E-state index in [1.165, 1.54) is 13.1 Å². The zero-order valence-corrected chi connectivity index (χ0v) is 14.2. The molecule has 1 aromatic rings. The summed E-state index contributed by atoms with van der Waals surface area (Å²) in [6.45, 7) is 5.32. The SMILES string of the molecule is CCN(CC)c1ccc(CNC(=NC)NCCC(F)(F)F)cc1F. The lowest BCUT2D eigenvalue weighted by molar-refractivity contribution is -0.132. The van der Waals surface area contributed by atoms with Gasteiger partial charge in [0.1, 0.15) is 5.82 Å². The molecule has 4 nitrogen and oxygen atoms in total. The summed E-state index contributed by atoms with van der Waals surface area (Å²) in [4.78, 5) is 5.75. The maximum absolute atomic E-state index is 14.2. The summed E-state index contributed by atoms with van der Waals surface area (Å²) in [5, 5.41) is 5.44. The van der Waals surface area contributed by atoms with Crippen molar-refractivity contribution in [3.05, 3.63) is 29.6 Å². The molecular weight excluding hydrogens is 324 g/mol. The highest BCUT2D eigenvalue weighted by molar-refractivity contribution is 5.79. The molecule has 1 aromatic carbocycles. The molecule has 0 heterocycles. The van der Waals surface area contributed by atoms with Crippen molar-refractivity contribution in [3.8, 4) is 0 Å². The Morgan fingerprint density at radius 3 is 2.33 bits per heavy atom. The molecule has 0 aliphatic rings. The molecule has 0 bridgehead atoms. The van der Waals surface area contributed by atoms with Gasteiger partial charge in [-0.2, -0.15) is 13.2 Å². The van der Waals surface area contributed by atoms with Crippen molar-refractivity contribution in [1.29, 1.82) is 0 Å². The summed E-state index contributed by atoms with van der Waals surface area (Å²) in [6, 6.07) is 4.91. The Hall–Kier alpha value is -1.99. The van der Waals surface area contributed by atoms with E-state index in [0.29, 0.717) is 24.3 Å². The minimum atomic E-state index is -4.21. The molecule has 2 N–H and O–H groups in total. The van der Waals surface area contributed by atoms with E-state index in [1.807, 2.05) is 18.7 Å². The van der Waals surface area contributed by atoms with E-state index in [2.05, 4.69) is 15.6 Å². The molecule has 0 unspecified atom stereocenters. The fourth-order valence-corrected chi connectivity index (χ4v) is 2.21. The van der Waals surface area contributed by atoms with Gasteiger partial charge in [0.25, 0.3) is 0 Å². The second-order valence-electron chi connectivity index (χ2n) is 5.18. The van der Waals surface area contributed by atoms with Crippen molar-refractivity contribution >= 4 is 11.6 Å². The highest BCUT2D eigenvalue weighted by atomic mass is 19.4. The van der Waals surface area contributed by atoms with Gasteiger partial charge in [0.15, 0.2) is 5.96 Å². The summed E-state index contributed by atoms with van der Waals surface area (Å²) < 4.78 is 50.5. The number of alkyl halides is 3. The smallest absolute Gasteiger partial charge is 0.370 e. The molecule has 0 amide bonds. The van der Waals surface area contributed by atoms with Gasteiger partial charge in [-0.1, -0.05) is 6.07 Å². The number of hydrogen-bond acceptors (Lipinski definition) is 2. The molecule has 24 heavy (non-hydrogen) atoms. The predicted octanol–water partition coefficient (Wildman–Crippen LogP) is 3.29. The number of rotatable bonds is 7. The van der Waals surface area contributed by atoms with Crippen LogP contribution < -0.4 is 15.5 Å². The zero-order valence-electron chi connectivity index (χ0n) is 14.2. The highest BCUT2D eigenvalue weighted by Gasteiger charge is 2.26. The Bertz CT molecular complexity index is 539. The molecule has 0 atom stereocenters. The van der Waals surface area contributed by atoms with Crippen LogP contribution in [0, 0.1) is 5.82 Å². The number of hydrogen-bond donors (Lipinski definition) is 2. The fourth-order valence-electron chi connectivity index (χ4n) is 2.21. The first-order chi connectivity index (χ1) is 11.3. The zero-order chi connectivity index (χ0) is 18.2. The number of nitrogens with one attached hydrogen (secondary N) is 2. The van der Waals surface area contributed by atoms with Crippen LogP contribution in [0.15, 0.2) is 23.2 Å². The van der Waals surface area contributed by atoms with Crippen LogP contribution in [0.1, 0.15) is 25.8 Å². The van der Waals surface area contributed by atoms with Gasteiger partial charge in [0.2, 0.25) is 0 Å². The molecule has 0 aromatic heterocycles. The van der Waals surface area contributed by atoms with Crippen molar-refractivity contribution in [1.82, 2.24) is 10.6 Å². The van der Waals surface area contributed by atoms with E-state index in [9.17, 15) is 17.6 Å². The van der Waals surface area contributed by atoms with Crippen LogP contribution in [0.2, 0.25) is 0 Å². The number of halogens is 4. The van der Waals surface area contributed by atoms with Crippen molar-refractivity contribution in [2.24, 2.45) is 4.99 Å². The van der Waals surface area contributed by atoms with Crippen LogP contribution in [0.5, 0.6) is 0 Å². The largest absolute Gasteiger partial charge is 0.390 e. The number of anilines is 1. The van der Waals surface area contributed by atoms with Crippen molar-refractivity contribution < 1.29 is 17.6 Å². The van der Waals surface area contributed by atoms with E-state index in [-0.39, 0.29) is 24.9 Å². The maximum Gasteiger partial charge on any atom is 0.390 e. The second-order valence-corrected chi connectivity index (χ2v) is 5.18. The maximum atomic E-state index is 14.2. The lowest BCUT2D eigenvalue weighted by atomic mass is 10.2. The summed E-state index contributed by atoms with van der Waals surface area (Å²) >= 11 is 0. The third-order valence-electron chi connectivity index (χ3n) is 3.50. The first-order valence-corrected chi connectivity index (χ1v) is 7.85. The number of guanidine groups is 1. The predicted molar refractivity (Wildman–Crippen MR) is 88.8 cm³/mol. The quantitative estimate of drug-likeness (QED) is 0.451. The Morgan fingerprint density at radius 1 is 1.17 bits per heavy atom. The molecule has 0 radical (unpaired) electrons. The van der Waals surface area contributed by atoms with Gasteiger partial charge in [-0.25, -0.2) is 4.39 Å². The van der Waals surface area contributed by atoms with Crippen molar-refractivity contribution in [2.45, 2.75) is 33.0 Å². The Morgan fingerprint density at radius 2 is 1.83 bits per heavy atom. The molecule has 0 saturated heterocycles. The van der Waals surface area contributed by atoms with Gasteiger partial charge < -0.3 is 15.5 Å². The first kappa shape index (κ1) is 20.1. The first-order valence-electron chi connectivity index (χ1n) is 7.85. The molecule has 8 heteroatoms.